The van der Waals surface area contributed by atoms with Gasteiger partial charge >= 0.3 is 0 Å². The first kappa shape index (κ1) is 16.5. The number of rotatable bonds is 4. The highest BCUT2D eigenvalue weighted by molar-refractivity contribution is 7.88. The molecule has 1 N–H and O–H groups in total. The van der Waals surface area contributed by atoms with Crippen molar-refractivity contribution in [2.24, 2.45) is 0 Å². The minimum absolute atomic E-state index is 0.167. The summed E-state index contributed by atoms with van der Waals surface area (Å²) < 4.78 is 33.3. The molecule has 5 nitrogen and oxygen atoms in total. The molecular weight excluding hydrogens is 324 g/mol. The molecule has 0 radical (unpaired) electrons. The molecule has 1 aliphatic heterocycles. The molecule has 2 aromatic rings. The molecule has 3 rings (SSSR count). The number of hydrogen-bond acceptors (Lipinski definition) is 4. The Bertz CT molecular complexity index is 930. The Kier molecular flexibility index (Phi) is 4.31. The fraction of sp³-hybridized carbons (Fsp3) is 0.278. The van der Waals surface area contributed by atoms with Crippen molar-refractivity contribution in [2.45, 2.75) is 25.6 Å². The van der Waals surface area contributed by atoms with Gasteiger partial charge in [-0.1, -0.05) is 24.3 Å². The van der Waals surface area contributed by atoms with Gasteiger partial charge in [0.2, 0.25) is 10.0 Å². The standard InChI is InChI=1S/C18H18N2O3S/c1-12-6-7-16-17(10-23-18(16)13(12)2)20-24(21,22)11-15-5-3-4-14(8-15)9-19/h3-8,17,20H,10-11H2,1-2H3/t17-/m0/s1. The summed E-state index contributed by atoms with van der Waals surface area (Å²) in [5.74, 6) is 0.605. The molecule has 0 amide bonds. The highest BCUT2D eigenvalue weighted by atomic mass is 32.2. The molecule has 0 aliphatic carbocycles. The summed E-state index contributed by atoms with van der Waals surface area (Å²) in [6, 6.07) is 12.1. The van der Waals surface area contributed by atoms with Gasteiger partial charge in [0.05, 0.1) is 23.4 Å². The highest BCUT2D eigenvalue weighted by Gasteiger charge is 2.29. The maximum atomic E-state index is 12.5. The summed E-state index contributed by atoms with van der Waals surface area (Å²) in [6.45, 7) is 4.26. The van der Waals surface area contributed by atoms with Crippen molar-refractivity contribution < 1.29 is 13.2 Å². The number of sulfonamides is 1. The number of hydrogen-bond donors (Lipinski definition) is 1. The fourth-order valence-corrected chi connectivity index (χ4v) is 4.17. The largest absolute Gasteiger partial charge is 0.491 e. The van der Waals surface area contributed by atoms with Crippen molar-refractivity contribution in [1.82, 2.24) is 4.72 Å². The molecule has 0 bridgehead atoms. The Hall–Kier alpha value is -2.36. The third-order valence-electron chi connectivity index (χ3n) is 4.21. The molecule has 6 heteroatoms. The summed E-state index contributed by atoms with van der Waals surface area (Å²) in [7, 11) is -3.55. The van der Waals surface area contributed by atoms with Gasteiger partial charge in [0.1, 0.15) is 12.4 Å². The van der Waals surface area contributed by atoms with Gasteiger partial charge in [-0.3, -0.25) is 0 Å². The first-order valence-electron chi connectivity index (χ1n) is 7.61. The molecular formula is C18H18N2O3S. The van der Waals surface area contributed by atoms with Crippen molar-refractivity contribution >= 4 is 10.0 Å². The van der Waals surface area contributed by atoms with Crippen molar-refractivity contribution in [3.63, 3.8) is 0 Å². The lowest BCUT2D eigenvalue weighted by atomic mass is 10.0. The van der Waals surface area contributed by atoms with E-state index in [1.165, 1.54) is 0 Å². The molecule has 0 fully saturated rings. The molecule has 124 valence electrons. The predicted octanol–water partition coefficient (Wildman–Crippen LogP) is 2.73. The van der Waals surface area contributed by atoms with Crippen LogP contribution >= 0.6 is 0 Å². The number of benzene rings is 2. The summed E-state index contributed by atoms with van der Waals surface area (Å²) in [6.07, 6.45) is 0. The lowest BCUT2D eigenvalue weighted by molar-refractivity contribution is 0.323. The van der Waals surface area contributed by atoms with E-state index >= 15 is 0 Å². The Morgan fingerprint density at radius 1 is 1.29 bits per heavy atom. The summed E-state index contributed by atoms with van der Waals surface area (Å²) in [4.78, 5) is 0. The number of ether oxygens (including phenoxy) is 1. The predicted molar refractivity (Wildman–Crippen MR) is 91.1 cm³/mol. The molecule has 24 heavy (non-hydrogen) atoms. The third kappa shape index (κ3) is 3.28. The quantitative estimate of drug-likeness (QED) is 0.926. The van der Waals surface area contributed by atoms with Gasteiger partial charge in [0.15, 0.2) is 0 Å². The number of nitrogens with one attached hydrogen (secondary N) is 1. The second-order valence-corrected chi connectivity index (χ2v) is 7.73. The van der Waals surface area contributed by atoms with Crippen LogP contribution in [0.4, 0.5) is 0 Å². The molecule has 0 saturated carbocycles. The van der Waals surface area contributed by atoms with E-state index in [-0.39, 0.29) is 18.4 Å². The monoisotopic (exact) mass is 342 g/mol. The maximum absolute atomic E-state index is 12.5. The zero-order valence-electron chi connectivity index (χ0n) is 13.5. The normalized spacial score (nSPS) is 16.3. The summed E-state index contributed by atoms with van der Waals surface area (Å²) in [5, 5.41) is 8.92. The van der Waals surface area contributed by atoms with Gasteiger partial charge in [-0.2, -0.15) is 5.26 Å². The minimum atomic E-state index is -3.55. The number of fused-ring (bicyclic) bond motifs is 1. The SMILES string of the molecule is Cc1ccc2c(c1C)OC[C@@H]2NS(=O)(=O)Cc1cccc(C#N)c1. The highest BCUT2D eigenvalue weighted by Crippen LogP contribution is 2.37. The van der Waals surface area contributed by atoms with Crippen LogP contribution in [0.3, 0.4) is 0 Å². The van der Waals surface area contributed by atoms with Gasteiger partial charge in [-0.25, -0.2) is 13.1 Å². The van der Waals surface area contributed by atoms with Crippen molar-refractivity contribution in [2.75, 3.05) is 6.61 Å². The molecule has 2 aromatic carbocycles. The second-order valence-electron chi connectivity index (χ2n) is 5.98. The Labute approximate surface area is 141 Å². The van der Waals surface area contributed by atoms with Crippen molar-refractivity contribution in [1.29, 1.82) is 5.26 Å². The van der Waals surface area contributed by atoms with Crippen LogP contribution in [-0.2, 0) is 15.8 Å². The molecule has 1 heterocycles. The lowest BCUT2D eigenvalue weighted by Gasteiger charge is -2.13. The Morgan fingerprint density at radius 3 is 2.83 bits per heavy atom. The molecule has 0 saturated heterocycles. The summed E-state index contributed by atoms with van der Waals surface area (Å²) in [5.41, 5.74) is 4.05. The second kappa shape index (κ2) is 6.27. The number of nitrogens with zero attached hydrogens (tertiary/aromatic N) is 1. The van der Waals surface area contributed by atoms with E-state index in [4.69, 9.17) is 10.00 Å². The van der Waals surface area contributed by atoms with Gasteiger partial charge in [-0.05, 0) is 42.7 Å². The number of nitriles is 1. The van der Waals surface area contributed by atoms with Gasteiger partial charge < -0.3 is 4.74 Å². The zero-order chi connectivity index (χ0) is 17.3. The van der Waals surface area contributed by atoms with Crippen LogP contribution in [0.25, 0.3) is 0 Å². The average molecular weight is 342 g/mol. The molecule has 1 atom stereocenters. The smallest absolute Gasteiger partial charge is 0.216 e. The van der Waals surface area contributed by atoms with Crippen LogP contribution < -0.4 is 9.46 Å². The lowest BCUT2D eigenvalue weighted by Crippen LogP contribution is -2.30. The van der Waals surface area contributed by atoms with Crippen LogP contribution in [0.2, 0.25) is 0 Å². The van der Waals surface area contributed by atoms with E-state index in [1.807, 2.05) is 32.0 Å². The van der Waals surface area contributed by atoms with E-state index in [0.717, 1.165) is 22.4 Å². The van der Waals surface area contributed by atoms with E-state index in [1.54, 1.807) is 24.3 Å². The maximum Gasteiger partial charge on any atom is 0.216 e. The molecule has 0 unspecified atom stereocenters. The fourth-order valence-electron chi connectivity index (χ4n) is 2.84. The van der Waals surface area contributed by atoms with Crippen LogP contribution in [0.1, 0.15) is 33.9 Å². The van der Waals surface area contributed by atoms with Gasteiger partial charge in [0, 0.05) is 5.56 Å². The molecule has 0 aromatic heterocycles. The zero-order valence-corrected chi connectivity index (χ0v) is 14.4. The number of aryl methyl sites for hydroxylation is 1. The van der Waals surface area contributed by atoms with E-state index in [9.17, 15) is 8.42 Å². The van der Waals surface area contributed by atoms with E-state index in [0.29, 0.717) is 11.1 Å². The Morgan fingerprint density at radius 2 is 2.08 bits per heavy atom. The van der Waals surface area contributed by atoms with Crippen molar-refractivity contribution in [3.8, 4) is 11.8 Å². The van der Waals surface area contributed by atoms with Crippen LogP contribution in [-0.4, -0.2) is 15.0 Å². The van der Waals surface area contributed by atoms with E-state index in [2.05, 4.69) is 4.72 Å². The minimum Gasteiger partial charge on any atom is -0.491 e. The van der Waals surface area contributed by atoms with Crippen LogP contribution in [0.15, 0.2) is 36.4 Å². The van der Waals surface area contributed by atoms with Gasteiger partial charge in [-0.15, -0.1) is 0 Å². The van der Waals surface area contributed by atoms with Gasteiger partial charge in [0.25, 0.3) is 0 Å². The summed E-state index contributed by atoms with van der Waals surface area (Å²) >= 11 is 0. The Balaban J connectivity index is 1.80. The van der Waals surface area contributed by atoms with Crippen LogP contribution in [0.5, 0.6) is 5.75 Å². The topological polar surface area (TPSA) is 79.2 Å². The first-order chi connectivity index (χ1) is 11.4. The molecule has 0 spiro atoms. The average Bonchev–Trinajstić information content (AvgIpc) is 2.93. The first-order valence-corrected chi connectivity index (χ1v) is 9.27. The van der Waals surface area contributed by atoms with Crippen LogP contribution in [0, 0.1) is 25.2 Å². The van der Waals surface area contributed by atoms with E-state index < -0.39 is 10.0 Å². The third-order valence-corrected chi connectivity index (χ3v) is 5.57. The van der Waals surface area contributed by atoms with Crippen molar-refractivity contribution in [3.05, 3.63) is 64.2 Å². The molecule has 1 aliphatic rings.